The molecule has 0 bridgehead atoms. The van der Waals surface area contributed by atoms with Crippen LogP contribution >= 0.6 is 0 Å². The number of nitrogens with one attached hydrogen (secondary N) is 2. The molecule has 1 fully saturated rings. The van der Waals surface area contributed by atoms with Crippen LogP contribution in [0.4, 0.5) is 13.2 Å². The molecule has 1 aliphatic rings. The summed E-state index contributed by atoms with van der Waals surface area (Å²) >= 11 is 0. The molecule has 158 valence electrons. The Hall–Kier alpha value is -1.65. The van der Waals surface area contributed by atoms with Crippen molar-refractivity contribution in [2.75, 3.05) is 39.3 Å². The molecule has 2 N–H and O–H groups in total. The largest absolute Gasteiger partial charge is 0.405 e. The topological polar surface area (TPSA) is 70.9 Å². The van der Waals surface area contributed by atoms with Gasteiger partial charge in [-0.15, -0.1) is 0 Å². The second-order valence-corrected chi connectivity index (χ2v) is 9.04. The molecule has 10 heteroatoms. The van der Waals surface area contributed by atoms with E-state index in [1.165, 1.54) is 4.31 Å². The van der Waals surface area contributed by atoms with E-state index >= 15 is 0 Å². The fourth-order valence-electron chi connectivity index (χ4n) is 3.06. The Bertz CT molecular complexity index is 759. The molecule has 1 heterocycles. The Balaban J connectivity index is 1.90. The fourth-order valence-corrected chi connectivity index (χ4v) is 4.50. The lowest BCUT2D eigenvalue weighted by atomic mass is 9.99. The minimum atomic E-state index is -4.44. The van der Waals surface area contributed by atoms with E-state index in [-0.39, 0.29) is 24.5 Å². The number of carbonyl (C=O) groups is 1. The van der Waals surface area contributed by atoms with E-state index in [1.54, 1.807) is 12.1 Å². The van der Waals surface area contributed by atoms with Crippen molar-refractivity contribution in [1.29, 1.82) is 0 Å². The van der Waals surface area contributed by atoms with E-state index in [1.807, 2.05) is 17.4 Å². The molecule has 0 aliphatic carbocycles. The minimum absolute atomic E-state index is 0.104. The summed E-state index contributed by atoms with van der Waals surface area (Å²) in [5.41, 5.74) is 1.08. The average molecular weight is 422 g/mol. The quantitative estimate of drug-likeness (QED) is 0.682. The number of piperazine rings is 1. The van der Waals surface area contributed by atoms with Crippen LogP contribution in [-0.2, 0) is 14.8 Å². The summed E-state index contributed by atoms with van der Waals surface area (Å²) in [5, 5.41) is 1.84. The van der Waals surface area contributed by atoms with Crippen LogP contribution in [0.1, 0.15) is 31.7 Å². The summed E-state index contributed by atoms with van der Waals surface area (Å²) in [4.78, 5) is 12.6. The highest BCUT2D eigenvalue weighted by Gasteiger charge is 2.32. The molecule has 1 saturated heterocycles. The number of nitrogens with zero attached hydrogens (tertiary/aromatic N) is 1. The summed E-state index contributed by atoms with van der Waals surface area (Å²) in [5.74, 6) is -0.336. The third kappa shape index (κ3) is 6.18. The van der Waals surface area contributed by atoms with Gasteiger partial charge in [0.05, 0.1) is 31.1 Å². The predicted molar refractivity (Wildman–Crippen MR) is 98.5 cm³/mol. The van der Waals surface area contributed by atoms with Crippen LogP contribution in [0, 0.1) is 0 Å². The van der Waals surface area contributed by atoms with Gasteiger partial charge in [-0.25, -0.2) is 8.42 Å². The van der Waals surface area contributed by atoms with Gasteiger partial charge in [-0.1, -0.05) is 26.0 Å². The van der Waals surface area contributed by atoms with Gasteiger partial charge in [0.25, 0.3) is 5.91 Å². The standard InChI is InChI=1S/C18H26F3N3O3S/c1-3-14(2)15-4-6-16(7-5-15)28(26,27)24-10-8-23(9-11-24)12-17(25)22-13-18(19,20)21/h4-7,14H,3,8-13H2,1-2H3,(H,22,25)/p+1/t14-/m1/s1. The number of alkyl halides is 3. The molecule has 0 saturated carbocycles. The monoisotopic (exact) mass is 422 g/mol. The number of amides is 1. The Morgan fingerprint density at radius 3 is 2.29 bits per heavy atom. The summed E-state index contributed by atoms with van der Waals surface area (Å²) in [7, 11) is -3.62. The van der Waals surface area contributed by atoms with Crippen molar-refractivity contribution in [2.24, 2.45) is 0 Å². The second-order valence-electron chi connectivity index (χ2n) is 7.10. The number of sulfonamides is 1. The third-order valence-corrected chi connectivity index (χ3v) is 6.94. The number of carbonyl (C=O) groups excluding carboxylic acids is 1. The number of quaternary nitrogens is 1. The van der Waals surface area contributed by atoms with Crippen molar-refractivity contribution in [3.63, 3.8) is 0 Å². The fraction of sp³-hybridized carbons (Fsp3) is 0.611. The molecule has 1 aromatic carbocycles. The minimum Gasteiger partial charge on any atom is -0.342 e. The van der Waals surface area contributed by atoms with E-state index in [0.717, 1.165) is 16.9 Å². The molecule has 0 spiro atoms. The van der Waals surface area contributed by atoms with Gasteiger partial charge < -0.3 is 10.2 Å². The van der Waals surface area contributed by atoms with E-state index in [0.29, 0.717) is 19.0 Å². The maximum Gasteiger partial charge on any atom is 0.405 e. The maximum atomic E-state index is 12.8. The highest BCUT2D eigenvalue weighted by molar-refractivity contribution is 7.89. The van der Waals surface area contributed by atoms with Crippen LogP contribution in [-0.4, -0.2) is 64.1 Å². The van der Waals surface area contributed by atoms with Gasteiger partial charge in [0.2, 0.25) is 10.0 Å². The van der Waals surface area contributed by atoms with Crippen molar-refractivity contribution >= 4 is 15.9 Å². The van der Waals surface area contributed by atoms with Crippen molar-refractivity contribution in [3.05, 3.63) is 29.8 Å². The first kappa shape index (κ1) is 22.6. The van der Waals surface area contributed by atoms with E-state index in [2.05, 4.69) is 13.8 Å². The second kappa shape index (κ2) is 9.23. The highest BCUT2D eigenvalue weighted by Crippen LogP contribution is 2.22. The number of halogens is 3. The SMILES string of the molecule is CC[C@@H](C)c1ccc(S(=O)(=O)N2CC[NH+](CC(=O)NCC(F)(F)F)CC2)cc1. The molecule has 1 atom stereocenters. The lowest BCUT2D eigenvalue weighted by molar-refractivity contribution is -0.895. The molecule has 0 aromatic heterocycles. The maximum absolute atomic E-state index is 12.8. The van der Waals surface area contributed by atoms with Crippen LogP contribution in [0.5, 0.6) is 0 Å². The van der Waals surface area contributed by atoms with E-state index < -0.39 is 28.7 Å². The Morgan fingerprint density at radius 2 is 1.79 bits per heavy atom. The van der Waals surface area contributed by atoms with Gasteiger partial charge in [0.15, 0.2) is 6.54 Å². The van der Waals surface area contributed by atoms with E-state index in [9.17, 15) is 26.4 Å². The molecule has 1 aromatic rings. The smallest absolute Gasteiger partial charge is 0.342 e. The zero-order chi connectivity index (χ0) is 20.9. The number of rotatable bonds is 7. The van der Waals surface area contributed by atoms with E-state index in [4.69, 9.17) is 0 Å². The first-order chi connectivity index (χ1) is 13.0. The van der Waals surface area contributed by atoms with Crippen molar-refractivity contribution in [2.45, 2.75) is 37.3 Å². The van der Waals surface area contributed by atoms with Gasteiger partial charge in [-0.3, -0.25) is 4.79 Å². The van der Waals surface area contributed by atoms with Gasteiger partial charge in [-0.05, 0) is 30.0 Å². The van der Waals surface area contributed by atoms with Crippen LogP contribution in [0.15, 0.2) is 29.2 Å². The molecule has 28 heavy (non-hydrogen) atoms. The van der Waals surface area contributed by atoms with Gasteiger partial charge in [0, 0.05) is 0 Å². The first-order valence-corrected chi connectivity index (χ1v) is 10.7. The summed E-state index contributed by atoms with van der Waals surface area (Å²) in [6, 6.07) is 6.88. The predicted octanol–water partition coefficient (Wildman–Crippen LogP) is 0.768. The molecule has 0 unspecified atom stereocenters. The molecule has 6 nitrogen and oxygen atoms in total. The third-order valence-electron chi connectivity index (χ3n) is 5.03. The molecular formula is C18H27F3N3O3S+. The first-order valence-electron chi connectivity index (χ1n) is 9.30. The van der Waals surface area contributed by atoms with Gasteiger partial charge in [0.1, 0.15) is 6.54 Å². The van der Waals surface area contributed by atoms with Crippen LogP contribution < -0.4 is 10.2 Å². The van der Waals surface area contributed by atoms with Crippen molar-refractivity contribution in [3.8, 4) is 0 Å². The average Bonchev–Trinajstić information content (AvgIpc) is 2.66. The van der Waals surface area contributed by atoms with Crippen LogP contribution in [0.25, 0.3) is 0 Å². The molecular weight excluding hydrogens is 395 g/mol. The Labute approximate surface area is 163 Å². The summed E-state index contributed by atoms with van der Waals surface area (Å²) in [6.07, 6.45) is -3.48. The normalized spacial score (nSPS) is 18.0. The van der Waals surface area contributed by atoms with Crippen molar-refractivity contribution < 1.29 is 31.3 Å². The lowest BCUT2D eigenvalue weighted by Crippen LogP contribution is -3.15. The van der Waals surface area contributed by atoms with Crippen LogP contribution in [0.3, 0.4) is 0 Å². The van der Waals surface area contributed by atoms with Gasteiger partial charge in [-0.2, -0.15) is 17.5 Å². The number of hydrogen-bond donors (Lipinski definition) is 2. The molecule has 0 radical (unpaired) electrons. The van der Waals surface area contributed by atoms with Crippen molar-refractivity contribution in [1.82, 2.24) is 9.62 Å². The Morgan fingerprint density at radius 1 is 1.21 bits per heavy atom. The zero-order valence-corrected chi connectivity index (χ0v) is 16.9. The zero-order valence-electron chi connectivity index (χ0n) is 16.1. The molecule has 2 rings (SSSR count). The highest BCUT2D eigenvalue weighted by atomic mass is 32.2. The molecule has 1 amide bonds. The number of hydrogen-bond acceptors (Lipinski definition) is 3. The Kier molecular flexibility index (Phi) is 7.46. The van der Waals surface area contributed by atoms with Gasteiger partial charge >= 0.3 is 6.18 Å². The molecule has 1 aliphatic heterocycles. The number of benzene rings is 1. The summed E-state index contributed by atoms with van der Waals surface area (Å²) in [6.45, 7) is 3.86. The lowest BCUT2D eigenvalue weighted by Gasteiger charge is -2.31. The van der Waals surface area contributed by atoms with Crippen LogP contribution in [0.2, 0.25) is 0 Å². The summed E-state index contributed by atoms with van der Waals surface area (Å²) < 4.78 is 63.3.